The van der Waals surface area contributed by atoms with E-state index in [1.54, 1.807) is 0 Å². The van der Waals surface area contributed by atoms with E-state index in [9.17, 15) is 4.79 Å². The van der Waals surface area contributed by atoms with Crippen LogP contribution in [0.3, 0.4) is 0 Å². The van der Waals surface area contributed by atoms with Crippen molar-refractivity contribution in [3.63, 3.8) is 0 Å². The van der Waals surface area contributed by atoms with Gasteiger partial charge in [0, 0.05) is 36.7 Å². The molecule has 0 N–H and O–H groups in total. The van der Waals surface area contributed by atoms with Gasteiger partial charge in [0.1, 0.15) is 6.29 Å². The van der Waals surface area contributed by atoms with Gasteiger partial charge in [-0.1, -0.05) is 6.92 Å². The number of hydrogen-bond acceptors (Lipinski definition) is 6. The second kappa shape index (κ2) is 5.49. The molecule has 1 unspecified atom stereocenters. The van der Waals surface area contributed by atoms with Gasteiger partial charge in [-0.3, -0.25) is 0 Å². The summed E-state index contributed by atoms with van der Waals surface area (Å²) >= 11 is 0. The fourth-order valence-corrected chi connectivity index (χ4v) is 5.14. The van der Waals surface area contributed by atoms with Crippen LogP contribution in [0.15, 0.2) is 0 Å². The third-order valence-electron chi connectivity index (χ3n) is 6.31. The van der Waals surface area contributed by atoms with Gasteiger partial charge in [0.2, 0.25) is 5.79 Å². The summed E-state index contributed by atoms with van der Waals surface area (Å²) in [5.74, 6) is -0.417. The molecule has 5 fully saturated rings. The third kappa shape index (κ3) is 2.15. The zero-order valence-electron chi connectivity index (χ0n) is 14.0. The monoisotopic (exact) mass is 326 g/mol. The Morgan fingerprint density at radius 1 is 1.22 bits per heavy atom. The van der Waals surface area contributed by atoms with Crippen LogP contribution in [0.5, 0.6) is 0 Å². The first-order valence-electron chi connectivity index (χ1n) is 8.81. The van der Waals surface area contributed by atoms with Crippen molar-refractivity contribution in [1.82, 2.24) is 0 Å². The van der Waals surface area contributed by atoms with Crippen LogP contribution in [0, 0.1) is 23.7 Å². The van der Waals surface area contributed by atoms with E-state index >= 15 is 0 Å². The highest BCUT2D eigenvalue weighted by atomic mass is 17.3. The Bertz CT molecular complexity index is 484. The van der Waals surface area contributed by atoms with Crippen molar-refractivity contribution in [3.8, 4) is 0 Å². The summed E-state index contributed by atoms with van der Waals surface area (Å²) in [6.07, 6.45) is 3.56. The Labute approximate surface area is 136 Å². The lowest BCUT2D eigenvalue weighted by Gasteiger charge is -2.59. The Morgan fingerprint density at radius 2 is 2.04 bits per heavy atom. The van der Waals surface area contributed by atoms with E-state index in [0.717, 1.165) is 25.5 Å². The van der Waals surface area contributed by atoms with Crippen LogP contribution in [-0.4, -0.2) is 36.9 Å². The molecule has 4 heterocycles. The predicted molar refractivity (Wildman–Crippen MR) is 78.8 cm³/mol. The molecule has 0 aromatic rings. The summed E-state index contributed by atoms with van der Waals surface area (Å²) in [6.45, 7) is 6.57. The highest BCUT2D eigenvalue weighted by molar-refractivity contribution is 5.55. The summed E-state index contributed by atoms with van der Waals surface area (Å²) in [5.41, 5.74) is -0.702. The van der Waals surface area contributed by atoms with Gasteiger partial charge < -0.3 is 19.0 Å². The molecule has 1 spiro atoms. The maximum absolute atomic E-state index is 11.6. The average molecular weight is 326 g/mol. The second-order valence-corrected chi connectivity index (χ2v) is 7.55. The zero-order chi connectivity index (χ0) is 16.2. The van der Waals surface area contributed by atoms with Gasteiger partial charge in [-0.25, -0.2) is 9.78 Å². The molecule has 1 saturated carbocycles. The van der Waals surface area contributed by atoms with Crippen molar-refractivity contribution in [2.24, 2.45) is 23.7 Å². The van der Waals surface area contributed by atoms with E-state index in [1.165, 1.54) is 0 Å². The highest BCUT2D eigenvalue weighted by Gasteiger charge is 2.70. The molecule has 0 aromatic carbocycles. The van der Waals surface area contributed by atoms with Gasteiger partial charge in [-0.05, 0) is 33.1 Å². The predicted octanol–water partition coefficient (Wildman–Crippen LogP) is 2.41. The molecular weight excluding hydrogens is 300 g/mol. The molecule has 0 amide bonds. The number of rotatable bonds is 3. The molecule has 8 atom stereocenters. The third-order valence-corrected chi connectivity index (χ3v) is 6.31. The molecular formula is C17H26O6. The van der Waals surface area contributed by atoms with Crippen LogP contribution in [0.2, 0.25) is 0 Å². The van der Waals surface area contributed by atoms with Crippen LogP contribution in [-0.2, 0) is 28.8 Å². The second-order valence-electron chi connectivity index (χ2n) is 7.55. The molecule has 6 nitrogen and oxygen atoms in total. The summed E-state index contributed by atoms with van der Waals surface area (Å²) in [6, 6.07) is 0. The number of ether oxygens (including phenoxy) is 3. The van der Waals surface area contributed by atoms with Crippen molar-refractivity contribution in [1.29, 1.82) is 0 Å². The topological polar surface area (TPSA) is 63.2 Å². The maximum atomic E-state index is 11.6. The molecule has 5 rings (SSSR count). The van der Waals surface area contributed by atoms with Crippen molar-refractivity contribution in [2.75, 3.05) is 6.61 Å². The quantitative estimate of drug-likeness (QED) is 0.586. The summed E-state index contributed by atoms with van der Waals surface area (Å²) < 4.78 is 18.2. The lowest BCUT2D eigenvalue weighted by molar-refractivity contribution is -0.577. The summed E-state index contributed by atoms with van der Waals surface area (Å²) in [5, 5.41) is 0. The van der Waals surface area contributed by atoms with Crippen molar-refractivity contribution in [2.45, 2.75) is 70.4 Å². The van der Waals surface area contributed by atoms with E-state index in [2.05, 4.69) is 6.92 Å². The Kier molecular flexibility index (Phi) is 3.81. The Balaban J connectivity index is 1.76. The summed E-state index contributed by atoms with van der Waals surface area (Å²) in [7, 11) is 0. The molecule has 0 aromatic heterocycles. The first kappa shape index (κ1) is 16.0. The van der Waals surface area contributed by atoms with Gasteiger partial charge in [0.15, 0.2) is 18.2 Å². The van der Waals surface area contributed by atoms with Gasteiger partial charge in [-0.15, -0.1) is 0 Å². The number of aldehydes is 1. The number of carbonyl (C=O) groups is 1. The van der Waals surface area contributed by atoms with Crippen LogP contribution < -0.4 is 0 Å². The highest BCUT2D eigenvalue weighted by Crippen LogP contribution is 2.60. The van der Waals surface area contributed by atoms with E-state index in [0.29, 0.717) is 13.0 Å². The van der Waals surface area contributed by atoms with Gasteiger partial charge in [-0.2, -0.15) is 0 Å². The molecule has 5 aliphatic rings. The van der Waals surface area contributed by atoms with Crippen LogP contribution >= 0.6 is 0 Å². The first-order chi connectivity index (χ1) is 11.0. The number of hydrogen-bond donors (Lipinski definition) is 0. The van der Waals surface area contributed by atoms with E-state index < -0.39 is 17.7 Å². The zero-order valence-corrected chi connectivity index (χ0v) is 14.0. The van der Waals surface area contributed by atoms with Crippen molar-refractivity contribution in [3.05, 3.63) is 0 Å². The molecule has 23 heavy (non-hydrogen) atoms. The fourth-order valence-electron chi connectivity index (χ4n) is 5.14. The van der Waals surface area contributed by atoms with Crippen molar-refractivity contribution >= 4 is 6.29 Å². The molecule has 1 aliphatic carbocycles. The minimum Gasteiger partial charge on any atom is -0.353 e. The van der Waals surface area contributed by atoms with Gasteiger partial charge in [0.25, 0.3) is 0 Å². The fraction of sp³-hybridized carbons (Fsp3) is 0.941. The SMILES string of the molecule is CCO[C@H]1O[C@@H]2O[C@@]3(C)CC[C@H]4C(C=O)CC[C@@H]([C@H]1C)[C@]24OO3. The molecule has 6 heteroatoms. The minimum absolute atomic E-state index is 0.0270. The lowest BCUT2D eigenvalue weighted by Crippen LogP contribution is -2.70. The minimum atomic E-state index is -0.817. The van der Waals surface area contributed by atoms with Crippen LogP contribution in [0.25, 0.3) is 0 Å². The number of carbonyl (C=O) groups excluding carboxylic acids is 1. The van der Waals surface area contributed by atoms with E-state index in [-0.39, 0.29) is 30.0 Å². The summed E-state index contributed by atoms with van der Waals surface area (Å²) in [4.78, 5) is 23.3. The maximum Gasteiger partial charge on any atom is 0.201 e. The lowest BCUT2D eigenvalue weighted by atomic mass is 9.58. The normalized spacial score (nSPS) is 55.1. The van der Waals surface area contributed by atoms with E-state index in [4.69, 9.17) is 24.0 Å². The standard InChI is InChI=1S/C17H26O6/c1-4-19-14-10(2)12-6-5-11(9-18)13-7-8-16(3)21-15(20-14)17(12,13)23-22-16/h9-15H,4-8H2,1-3H3/t10-,11?,12+,13+,14+,15-,16-,17-/m1/s1. The molecule has 2 bridgehead atoms. The van der Waals surface area contributed by atoms with E-state index in [1.807, 2.05) is 13.8 Å². The largest absolute Gasteiger partial charge is 0.353 e. The Hall–Kier alpha value is -0.530. The molecule has 130 valence electrons. The van der Waals surface area contributed by atoms with Crippen LogP contribution in [0.4, 0.5) is 0 Å². The van der Waals surface area contributed by atoms with Crippen molar-refractivity contribution < 1.29 is 28.8 Å². The van der Waals surface area contributed by atoms with Gasteiger partial charge in [0.05, 0.1) is 0 Å². The molecule has 4 saturated heterocycles. The first-order valence-corrected chi connectivity index (χ1v) is 8.81. The molecule has 4 aliphatic heterocycles. The van der Waals surface area contributed by atoms with Crippen LogP contribution in [0.1, 0.15) is 46.5 Å². The van der Waals surface area contributed by atoms with Gasteiger partial charge >= 0.3 is 0 Å². The smallest absolute Gasteiger partial charge is 0.201 e. The Morgan fingerprint density at radius 3 is 2.78 bits per heavy atom. The number of fused-ring (bicyclic) bond motifs is 2. The average Bonchev–Trinajstić information content (AvgIpc) is 2.77. The molecule has 0 radical (unpaired) electrons.